The standard InChI is InChI=1S/C15H20Cl2O/c1-2-10-3-4-11(7-10)15(18)9-12-8-13(16)5-6-14(12)17/h5-6,8,10-11,15,18H,2-4,7,9H2,1H3. The van der Waals surface area contributed by atoms with Gasteiger partial charge in [-0.1, -0.05) is 43.0 Å². The lowest BCUT2D eigenvalue weighted by molar-refractivity contribution is 0.108. The third-order valence-corrected chi connectivity index (χ3v) is 4.74. The molecule has 0 bridgehead atoms. The second-order valence-corrected chi connectivity index (χ2v) is 6.20. The van der Waals surface area contributed by atoms with Crippen molar-refractivity contribution in [3.63, 3.8) is 0 Å². The summed E-state index contributed by atoms with van der Waals surface area (Å²) < 4.78 is 0. The Morgan fingerprint density at radius 2 is 2.11 bits per heavy atom. The van der Waals surface area contributed by atoms with Crippen molar-refractivity contribution in [3.8, 4) is 0 Å². The minimum absolute atomic E-state index is 0.294. The van der Waals surface area contributed by atoms with Gasteiger partial charge in [-0.2, -0.15) is 0 Å². The van der Waals surface area contributed by atoms with Gasteiger partial charge in [-0.3, -0.25) is 0 Å². The fraction of sp³-hybridized carbons (Fsp3) is 0.600. The molecule has 2 rings (SSSR count). The zero-order valence-electron chi connectivity index (χ0n) is 10.7. The first-order valence-corrected chi connectivity index (χ1v) is 7.47. The highest BCUT2D eigenvalue weighted by molar-refractivity contribution is 6.33. The van der Waals surface area contributed by atoms with Crippen LogP contribution in [0.25, 0.3) is 0 Å². The molecule has 1 nitrogen and oxygen atoms in total. The van der Waals surface area contributed by atoms with Gasteiger partial charge in [0.05, 0.1) is 6.10 Å². The molecule has 0 aromatic heterocycles. The molecule has 1 aliphatic rings. The van der Waals surface area contributed by atoms with E-state index in [9.17, 15) is 5.11 Å². The summed E-state index contributed by atoms with van der Waals surface area (Å²) in [5.74, 6) is 1.21. The Balaban J connectivity index is 1.98. The lowest BCUT2D eigenvalue weighted by Crippen LogP contribution is -2.21. The molecule has 1 aromatic rings. The molecule has 0 radical (unpaired) electrons. The summed E-state index contributed by atoms with van der Waals surface area (Å²) >= 11 is 12.1. The van der Waals surface area contributed by atoms with E-state index in [4.69, 9.17) is 23.2 Å². The van der Waals surface area contributed by atoms with Gasteiger partial charge < -0.3 is 5.11 Å². The Kier molecular flexibility index (Phi) is 4.94. The maximum Gasteiger partial charge on any atom is 0.0609 e. The second-order valence-electron chi connectivity index (χ2n) is 5.35. The Morgan fingerprint density at radius 1 is 1.33 bits per heavy atom. The number of halogens is 2. The summed E-state index contributed by atoms with van der Waals surface area (Å²) in [7, 11) is 0. The fourth-order valence-corrected chi connectivity index (χ4v) is 3.32. The first kappa shape index (κ1) is 14.2. The van der Waals surface area contributed by atoms with E-state index in [1.165, 1.54) is 12.8 Å². The van der Waals surface area contributed by atoms with Gasteiger partial charge in [0.15, 0.2) is 0 Å². The van der Waals surface area contributed by atoms with Crippen molar-refractivity contribution < 1.29 is 5.11 Å². The molecule has 1 fully saturated rings. The van der Waals surface area contributed by atoms with Crippen LogP contribution < -0.4 is 0 Å². The van der Waals surface area contributed by atoms with Crippen molar-refractivity contribution in [2.45, 2.75) is 45.1 Å². The number of rotatable bonds is 4. The van der Waals surface area contributed by atoms with Crippen LogP contribution in [0, 0.1) is 11.8 Å². The van der Waals surface area contributed by atoms with E-state index in [1.807, 2.05) is 6.07 Å². The van der Waals surface area contributed by atoms with Crippen molar-refractivity contribution >= 4 is 23.2 Å². The van der Waals surface area contributed by atoms with E-state index in [0.717, 1.165) is 24.3 Å². The number of aliphatic hydroxyl groups is 1. The summed E-state index contributed by atoms with van der Waals surface area (Å²) in [4.78, 5) is 0. The third kappa shape index (κ3) is 3.40. The van der Waals surface area contributed by atoms with Gasteiger partial charge in [-0.25, -0.2) is 0 Å². The molecule has 1 aliphatic carbocycles. The monoisotopic (exact) mass is 286 g/mol. The van der Waals surface area contributed by atoms with Crippen LogP contribution in [0.2, 0.25) is 10.0 Å². The summed E-state index contributed by atoms with van der Waals surface area (Å²) in [6.07, 6.45) is 5.08. The quantitative estimate of drug-likeness (QED) is 0.849. The van der Waals surface area contributed by atoms with Crippen LogP contribution >= 0.6 is 23.2 Å². The maximum atomic E-state index is 10.3. The summed E-state index contributed by atoms with van der Waals surface area (Å²) in [5.41, 5.74) is 0.955. The molecule has 3 unspecified atom stereocenters. The lowest BCUT2D eigenvalue weighted by Gasteiger charge is -2.19. The van der Waals surface area contributed by atoms with Crippen molar-refractivity contribution in [1.82, 2.24) is 0 Å². The summed E-state index contributed by atoms with van der Waals surface area (Å²) in [6, 6.07) is 5.44. The minimum atomic E-state index is -0.294. The first-order valence-electron chi connectivity index (χ1n) is 6.72. The Bertz CT molecular complexity index is 405. The third-order valence-electron chi connectivity index (χ3n) is 4.14. The van der Waals surface area contributed by atoms with Gasteiger partial charge in [-0.15, -0.1) is 0 Å². The van der Waals surface area contributed by atoms with Gasteiger partial charge in [0.2, 0.25) is 0 Å². The Morgan fingerprint density at radius 3 is 2.78 bits per heavy atom. The minimum Gasteiger partial charge on any atom is -0.392 e. The van der Waals surface area contributed by atoms with Crippen LogP contribution in [-0.4, -0.2) is 11.2 Å². The zero-order chi connectivity index (χ0) is 13.1. The lowest BCUT2D eigenvalue weighted by atomic mass is 9.93. The van der Waals surface area contributed by atoms with E-state index in [0.29, 0.717) is 22.4 Å². The number of benzene rings is 1. The van der Waals surface area contributed by atoms with Crippen molar-refractivity contribution in [3.05, 3.63) is 33.8 Å². The Hall–Kier alpha value is -0.240. The van der Waals surface area contributed by atoms with Gasteiger partial charge in [0.1, 0.15) is 0 Å². The summed E-state index contributed by atoms with van der Waals surface area (Å²) in [5, 5.41) is 11.7. The number of hydrogen-bond donors (Lipinski definition) is 1. The van der Waals surface area contributed by atoms with Gasteiger partial charge >= 0.3 is 0 Å². The predicted molar refractivity (Wildman–Crippen MR) is 77.3 cm³/mol. The smallest absolute Gasteiger partial charge is 0.0609 e. The van der Waals surface area contributed by atoms with E-state index in [1.54, 1.807) is 12.1 Å². The first-order chi connectivity index (χ1) is 8.60. The van der Waals surface area contributed by atoms with E-state index >= 15 is 0 Å². The molecule has 1 aromatic carbocycles. The normalized spacial score (nSPS) is 25.3. The highest BCUT2D eigenvalue weighted by Crippen LogP contribution is 2.36. The highest BCUT2D eigenvalue weighted by Gasteiger charge is 2.29. The largest absolute Gasteiger partial charge is 0.392 e. The van der Waals surface area contributed by atoms with Crippen molar-refractivity contribution in [2.75, 3.05) is 0 Å². The zero-order valence-corrected chi connectivity index (χ0v) is 12.2. The number of aliphatic hydroxyl groups excluding tert-OH is 1. The number of hydrogen-bond acceptors (Lipinski definition) is 1. The molecule has 0 aliphatic heterocycles. The molecule has 18 heavy (non-hydrogen) atoms. The summed E-state index contributed by atoms with van der Waals surface area (Å²) in [6.45, 7) is 2.23. The topological polar surface area (TPSA) is 20.2 Å². The molecule has 1 N–H and O–H groups in total. The van der Waals surface area contributed by atoms with E-state index in [-0.39, 0.29) is 6.10 Å². The van der Waals surface area contributed by atoms with Gasteiger partial charge in [0, 0.05) is 16.5 Å². The molecule has 0 amide bonds. The molecule has 0 spiro atoms. The van der Waals surface area contributed by atoms with Gasteiger partial charge in [-0.05, 0) is 48.4 Å². The molecule has 1 saturated carbocycles. The van der Waals surface area contributed by atoms with Crippen LogP contribution in [-0.2, 0) is 6.42 Å². The van der Waals surface area contributed by atoms with E-state index < -0.39 is 0 Å². The fourth-order valence-electron chi connectivity index (χ4n) is 2.93. The molecule has 3 heteroatoms. The molecule has 0 saturated heterocycles. The van der Waals surface area contributed by atoms with Crippen LogP contribution in [0.4, 0.5) is 0 Å². The van der Waals surface area contributed by atoms with Crippen LogP contribution in [0.5, 0.6) is 0 Å². The molecular weight excluding hydrogens is 267 g/mol. The van der Waals surface area contributed by atoms with Crippen molar-refractivity contribution in [2.24, 2.45) is 11.8 Å². The van der Waals surface area contributed by atoms with Crippen LogP contribution in [0.15, 0.2) is 18.2 Å². The van der Waals surface area contributed by atoms with Crippen molar-refractivity contribution in [1.29, 1.82) is 0 Å². The molecule has 3 atom stereocenters. The Labute approximate surface area is 119 Å². The molecule has 0 heterocycles. The van der Waals surface area contributed by atoms with Gasteiger partial charge in [0.25, 0.3) is 0 Å². The molecule has 100 valence electrons. The van der Waals surface area contributed by atoms with E-state index in [2.05, 4.69) is 6.92 Å². The SMILES string of the molecule is CCC1CCC(C(O)Cc2cc(Cl)ccc2Cl)C1. The molecular formula is C15H20Cl2O. The average molecular weight is 287 g/mol. The maximum absolute atomic E-state index is 10.3. The highest BCUT2D eigenvalue weighted by atomic mass is 35.5. The van der Waals surface area contributed by atoms with Crippen LogP contribution in [0.1, 0.15) is 38.2 Å². The second kappa shape index (κ2) is 6.27. The van der Waals surface area contributed by atoms with Crippen LogP contribution in [0.3, 0.4) is 0 Å². The average Bonchev–Trinajstić information content (AvgIpc) is 2.82. The predicted octanol–water partition coefficient (Wildman–Crippen LogP) is 4.72.